The summed E-state index contributed by atoms with van der Waals surface area (Å²) in [5.74, 6) is 0. The fourth-order valence-electron chi connectivity index (χ4n) is 1.68. The Hall–Kier alpha value is -0.200. The van der Waals surface area contributed by atoms with E-state index in [4.69, 9.17) is 9.84 Å². The molecule has 3 unspecified atom stereocenters. The van der Waals surface area contributed by atoms with E-state index in [-0.39, 0.29) is 12.6 Å². The van der Waals surface area contributed by atoms with Crippen LogP contribution in [-0.2, 0) is 4.74 Å². The molecular formula is C9H16NO4. The zero-order chi connectivity index (χ0) is 10.4. The molecule has 5 nitrogen and oxygen atoms in total. The van der Waals surface area contributed by atoms with Gasteiger partial charge < -0.3 is 20.1 Å². The van der Waals surface area contributed by atoms with E-state index in [9.17, 15) is 10.2 Å². The maximum Gasteiger partial charge on any atom is 0.176 e. The van der Waals surface area contributed by atoms with Gasteiger partial charge in [-0.1, -0.05) is 0 Å². The molecule has 1 saturated heterocycles. The summed E-state index contributed by atoms with van der Waals surface area (Å²) in [6.07, 6.45) is 1.16. The largest absolute Gasteiger partial charge is 0.393 e. The van der Waals surface area contributed by atoms with Gasteiger partial charge in [0.25, 0.3) is 0 Å². The molecule has 0 aromatic rings. The molecule has 1 aliphatic carbocycles. The topological polar surface area (TPSA) is 82.0 Å². The lowest BCUT2D eigenvalue weighted by Gasteiger charge is -2.37. The molecule has 14 heavy (non-hydrogen) atoms. The second-order valence-corrected chi connectivity index (χ2v) is 4.26. The number of nitrogens with one attached hydrogen (secondary N) is 1. The molecule has 2 fully saturated rings. The van der Waals surface area contributed by atoms with Crippen LogP contribution in [-0.4, -0.2) is 45.4 Å². The third kappa shape index (κ3) is 1.45. The van der Waals surface area contributed by atoms with Crippen LogP contribution in [0, 0.1) is 6.61 Å². The van der Waals surface area contributed by atoms with Crippen molar-refractivity contribution in [2.24, 2.45) is 0 Å². The van der Waals surface area contributed by atoms with E-state index in [1.54, 1.807) is 0 Å². The summed E-state index contributed by atoms with van der Waals surface area (Å²) in [5.41, 5.74) is -3.05. The minimum Gasteiger partial charge on any atom is -0.393 e. The van der Waals surface area contributed by atoms with Crippen molar-refractivity contribution in [3.05, 3.63) is 6.61 Å². The van der Waals surface area contributed by atoms with Gasteiger partial charge in [0.1, 0.15) is 18.3 Å². The summed E-state index contributed by atoms with van der Waals surface area (Å²) < 4.78 is 5.02. The maximum atomic E-state index is 10.2. The molecule has 0 spiro atoms. The Bertz CT molecular complexity index is 229. The normalized spacial score (nSPS) is 48.4. The van der Waals surface area contributed by atoms with Gasteiger partial charge in [0.05, 0.1) is 6.61 Å². The van der Waals surface area contributed by atoms with Crippen molar-refractivity contribution in [1.82, 2.24) is 5.32 Å². The fraction of sp³-hybridized carbons (Fsp3) is 0.889. The van der Waals surface area contributed by atoms with Gasteiger partial charge in [-0.3, -0.25) is 5.32 Å². The van der Waals surface area contributed by atoms with E-state index in [1.807, 2.05) is 0 Å². The zero-order valence-electron chi connectivity index (χ0n) is 8.10. The fourth-order valence-corrected chi connectivity index (χ4v) is 1.68. The van der Waals surface area contributed by atoms with Gasteiger partial charge in [0.15, 0.2) is 5.72 Å². The molecule has 5 heteroatoms. The van der Waals surface area contributed by atoms with Crippen molar-refractivity contribution in [3.8, 4) is 0 Å². The molecule has 1 aliphatic heterocycles. The van der Waals surface area contributed by atoms with Crippen LogP contribution in [0.2, 0.25) is 0 Å². The summed E-state index contributed by atoms with van der Waals surface area (Å²) in [6.45, 7) is 2.30. The third-order valence-electron chi connectivity index (χ3n) is 2.87. The number of aliphatic hydroxyl groups excluding tert-OH is 1. The summed E-state index contributed by atoms with van der Waals surface area (Å²) in [7, 11) is 0. The summed E-state index contributed by atoms with van der Waals surface area (Å²) >= 11 is 0. The Kier molecular flexibility index (Phi) is 2.32. The van der Waals surface area contributed by atoms with Crippen LogP contribution >= 0.6 is 0 Å². The number of ether oxygens (including phenoxy) is 1. The van der Waals surface area contributed by atoms with Crippen LogP contribution in [0.15, 0.2) is 0 Å². The Morgan fingerprint density at radius 1 is 1.50 bits per heavy atom. The van der Waals surface area contributed by atoms with Crippen LogP contribution in [0.4, 0.5) is 0 Å². The highest BCUT2D eigenvalue weighted by Gasteiger charge is 2.59. The lowest BCUT2D eigenvalue weighted by Crippen LogP contribution is -2.65. The predicted molar refractivity (Wildman–Crippen MR) is 48.0 cm³/mol. The van der Waals surface area contributed by atoms with Crippen molar-refractivity contribution in [3.63, 3.8) is 0 Å². The first kappa shape index (κ1) is 10.3. The highest BCUT2D eigenvalue weighted by molar-refractivity contribution is 5.12. The lowest BCUT2D eigenvalue weighted by atomic mass is 9.91. The van der Waals surface area contributed by atoms with Gasteiger partial charge in [-0.05, 0) is 19.8 Å². The Morgan fingerprint density at radius 2 is 2.14 bits per heavy atom. The Labute approximate surface area is 82.7 Å². The number of rotatable bonds is 3. The van der Waals surface area contributed by atoms with Crippen molar-refractivity contribution < 1.29 is 20.1 Å². The van der Waals surface area contributed by atoms with Gasteiger partial charge in [-0.15, -0.1) is 0 Å². The monoisotopic (exact) mass is 202 g/mol. The maximum absolute atomic E-state index is 10.2. The van der Waals surface area contributed by atoms with Crippen molar-refractivity contribution in [1.29, 1.82) is 0 Å². The molecule has 2 aliphatic rings. The summed E-state index contributed by atoms with van der Waals surface area (Å²) in [6, 6.07) is 0.218. The van der Waals surface area contributed by atoms with Gasteiger partial charge in [-0.2, -0.15) is 0 Å². The molecule has 81 valence electrons. The molecule has 2 rings (SSSR count). The standard InChI is InChI=1S/C9H16NO4/c1-8(12)5-14-7(4-11)9(8,13)10-6-2-3-6/h5-7,10-13H,2-4H2,1H3. The summed E-state index contributed by atoms with van der Waals surface area (Å²) in [4.78, 5) is 0. The van der Waals surface area contributed by atoms with E-state index >= 15 is 0 Å². The Morgan fingerprint density at radius 3 is 2.64 bits per heavy atom. The number of hydrogen-bond donors (Lipinski definition) is 4. The highest BCUT2D eigenvalue weighted by atomic mass is 16.6. The van der Waals surface area contributed by atoms with Gasteiger partial charge in [-0.25, -0.2) is 0 Å². The quantitative estimate of drug-likeness (QED) is 0.429. The van der Waals surface area contributed by atoms with Crippen LogP contribution in [0.5, 0.6) is 0 Å². The van der Waals surface area contributed by atoms with Gasteiger partial charge >= 0.3 is 0 Å². The smallest absolute Gasteiger partial charge is 0.176 e. The zero-order valence-corrected chi connectivity index (χ0v) is 8.10. The van der Waals surface area contributed by atoms with Gasteiger partial charge in [0, 0.05) is 6.04 Å². The van der Waals surface area contributed by atoms with Crippen molar-refractivity contribution in [2.75, 3.05) is 6.61 Å². The second-order valence-electron chi connectivity index (χ2n) is 4.26. The first-order valence-electron chi connectivity index (χ1n) is 4.83. The average Bonchev–Trinajstić information content (AvgIpc) is 2.84. The SMILES string of the molecule is CC1(O)[CH]OC(CO)C1(O)NC1CC1. The third-order valence-corrected chi connectivity index (χ3v) is 2.87. The van der Waals surface area contributed by atoms with Crippen molar-refractivity contribution >= 4 is 0 Å². The first-order valence-corrected chi connectivity index (χ1v) is 4.83. The van der Waals surface area contributed by atoms with E-state index in [0.29, 0.717) is 0 Å². The first-order chi connectivity index (χ1) is 6.49. The summed E-state index contributed by atoms with van der Waals surface area (Å²) in [5, 5.41) is 32.0. The van der Waals surface area contributed by atoms with E-state index in [1.165, 1.54) is 13.5 Å². The van der Waals surface area contributed by atoms with E-state index in [0.717, 1.165) is 12.8 Å². The van der Waals surface area contributed by atoms with E-state index in [2.05, 4.69) is 5.32 Å². The molecule has 0 amide bonds. The Balaban J connectivity index is 2.15. The highest BCUT2D eigenvalue weighted by Crippen LogP contribution is 2.38. The minimum absolute atomic E-state index is 0.218. The molecule has 0 bridgehead atoms. The number of hydrogen-bond acceptors (Lipinski definition) is 5. The molecular weight excluding hydrogens is 186 g/mol. The van der Waals surface area contributed by atoms with Crippen LogP contribution in [0.25, 0.3) is 0 Å². The lowest BCUT2D eigenvalue weighted by molar-refractivity contribution is -0.153. The molecule has 1 heterocycles. The van der Waals surface area contributed by atoms with Gasteiger partial charge in [0.2, 0.25) is 0 Å². The van der Waals surface area contributed by atoms with E-state index < -0.39 is 17.4 Å². The van der Waals surface area contributed by atoms with Crippen LogP contribution in [0.1, 0.15) is 19.8 Å². The molecule has 4 N–H and O–H groups in total. The molecule has 3 atom stereocenters. The predicted octanol–water partition coefficient (Wildman–Crippen LogP) is -1.27. The van der Waals surface area contributed by atoms with Crippen LogP contribution in [0.3, 0.4) is 0 Å². The molecule has 0 aromatic carbocycles. The molecule has 0 aromatic heterocycles. The van der Waals surface area contributed by atoms with Crippen molar-refractivity contribution in [2.45, 2.75) is 43.2 Å². The second kappa shape index (κ2) is 3.15. The van der Waals surface area contributed by atoms with Crippen LogP contribution < -0.4 is 5.32 Å². The molecule has 1 radical (unpaired) electrons. The average molecular weight is 202 g/mol. The molecule has 1 saturated carbocycles. The minimum atomic E-state index is -1.58. The number of aliphatic hydroxyl groups is 3.